The predicted octanol–water partition coefficient (Wildman–Crippen LogP) is 2.58. The van der Waals surface area contributed by atoms with E-state index in [1.807, 2.05) is 6.92 Å². The lowest BCUT2D eigenvalue weighted by molar-refractivity contribution is 1.45. The van der Waals surface area contributed by atoms with E-state index in [-0.39, 0.29) is 0 Å². The van der Waals surface area contributed by atoms with Crippen molar-refractivity contribution in [3.05, 3.63) is 21.1 Å². The van der Waals surface area contributed by atoms with Crippen LogP contribution in [0.3, 0.4) is 0 Å². The van der Waals surface area contributed by atoms with Gasteiger partial charge in [0.05, 0.1) is 20.9 Å². The molecule has 0 spiro atoms. The number of hydrogen-bond acceptors (Lipinski definition) is 2. The summed E-state index contributed by atoms with van der Waals surface area (Å²) >= 11 is 9.12. The Morgan fingerprint density at radius 2 is 2.00 bits per heavy atom. The highest BCUT2D eigenvalue weighted by atomic mass is 79.9. The van der Waals surface area contributed by atoms with E-state index in [9.17, 15) is 0 Å². The van der Waals surface area contributed by atoms with Crippen molar-refractivity contribution in [1.29, 1.82) is 0 Å². The molecule has 0 atom stereocenters. The average molecular weight is 236 g/mol. The molecule has 0 fully saturated rings. The van der Waals surface area contributed by atoms with Gasteiger partial charge in [0.2, 0.25) is 0 Å². The monoisotopic (exact) mass is 234 g/mol. The Labute approximate surface area is 78.6 Å². The van der Waals surface area contributed by atoms with E-state index in [2.05, 4.69) is 15.9 Å². The highest BCUT2D eigenvalue weighted by Crippen LogP contribution is 2.35. The number of benzene rings is 1. The van der Waals surface area contributed by atoms with Crippen molar-refractivity contribution in [2.45, 2.75) is 6.92 Å². The zero-order valence-electron chi connectivity index (χ0n) is 5.99. The van der Waals surface area contributed by atoms with Crippen LogP contribution >= 0.6 is 27.5 Å². The van der Waals surface area contributed by atoms with Crippen LogP contribution < -0.4 is 11.5 Å². The van der Waals surface area contributed by atoms with Gasteiger partial charge in [-0.2, -0.15) is 0 Å². The lowest BCUT2D eigenvalue weighted by Crippen LogP contribution is -1.97. The van der Waals surface area contributed by atoms with Gasteiger partial charge in [-0.15, -0.1) is 0 Å². The first-order valence-electron chi connectivity index (χ1n) is 3.03. The molecule has 4 N–H and O–H groups in total. The Bertz CT molecular complexity index is 273. The highest BCUT2D eigenvalue weighted by Gasteiger charge is 2.07. The third kappa shape index (κ3) is 1.44. The minimum absolute atomic E-state index is 0.501. The maximum absolute atomic E-state index is 5.87. The van der Waals surface area contributed by atoms with Gasteiger partial charge in [0.1, 0.15) is 0 Å². The standard InChI is InChI=1S/C7H8BrClN2/c1-3-2-4(10)7(11)5(8)6(3)9/h2H,10-11H2,1H3. The van der Waals surface area contributed by atoms with Crippen LogP contribution in [0.1, 0.15) is 5.56 Å². The van der Waals surface area contributed by atoms with Gasteiger partial charge in [0.25, 0.3) is 0 Å². The Morgan fingerprint density at radius 3 is 2.55 bits per heavy atom. The topological polar surface area (TPSA) is 52.0 Å². The summed E-state index contributed by atoms with van der Waals surface area (Å²) in [6.45, 7) is 1.88. The second-order valence-electron chi connectivity index (χ2n) is 2.32. The SMILES string of the molecule is Cc1cc(N)c(N)c(Br)c1Cl. The molecular weight excluding hydrogens is 227 g/mol. The van der Waals surface area contributed by atoms with Crippen molar-refractivity contribution >= 4 is 38.9 Å². The molecule has 4 heteroatoms. The van der Waals surface area contributed by atoms with Crippen LogP contribution in [0, 0.1) is 6.92 Å². The molecule has 2 nitrogen and oxygen atoms in total. The summed E-state index contributed by atoms with van der Waals surface area (Å²) in [7, 11) is 0. The van der Waals surface area contributed by atoms with Crippen molar-refractivity contribution in [2.24, 2.45) is 0 Å². The smallest absolute Gasteiger partial charge is 0.0707 e. The number of aryl methyl sites for hydroxylation is 1. The van der Waals surface area contributed by atoms with Gasteiger partial charge in [-0.25, -0.2) is 0 Å². The number of hydrogen-bond donors (Lipinski definition) is 2. The fraction of sp³-hybridized carbons (Fsp3) is 0.143. The number of halogens is 2. The summed E-state index contributed by atoms with van der Waals surface area (Å²) in [5.41, 5.74) is 13.1. The molecule has 1 aromatic rings. The second-order valence-corrected chi connectivity index (χ2v) is 3.50. The van der Waals surface area contributed by atoms with Crippen LogP contribution in [0.4, 0.5) is 11.4 Å². The van der Waals surface area contributed by atoms with Crippen LogP contribution in [0.5, 0.6) is 0 Å². The first kappa shape index (κ1) is 8.68. The summed E-state index contributed by atoms with van der Waals surface area (Å²) < 4.78 is 0.677. The van der Waals surface area contributed by atoms with Gasteiger partial charge in [-0.1, -0.05) is 11.6 Å². The summed E-state index contributed by atoms with van der Waals surface area (Å²) in [6, 6.07) is 1.75. The van der Waals surface area contributed by atoms with Crippen molar-refractivity contribution in [3.63, 3.8) is 0 Å². The molecule has 0 bridgehead atoms. The molecule has 60 valence electrons. The van der Waals surface area contributed by atoms with Crippen LogP contribution in [0.15, 0.2) is 10.5 Å². The molecule has 0 aliphatic heterocycles. The second kappa shape index (κ2) is 2.91. The van der Waals surface area contributed by atoms with Crippen molar-refractivity contribution < 1.29 is 0 Å². The lowest BCUT2D eigenvalue weighted by atomic mass is 10.2. The number of rotatable bonds is 0. The molecule has 1 aromatic carbocycles. The fourth-order valence-corrected chi connectivity index (χ4v) is 1.49. The zero-order chi connectivity index (χ0) is 8.59. The largest absolute Gasteiger partial charge is 0.397 e. The minimum atomic E-state index is 0.501. The van der Waals surface area contributed by atoms with E-state index in [1.165, 1.54) is 0 Å². The molecule has 0 saturated carbocycles. The fourth-order valence-electron chi connectivity index (χ4n) is 0.792. The maximum Gasteiger partial charge on any atom is 0.0707 e. The van der Waals surface area contributed by atoms with E-state index in [1.54, 1.807) is 6.07 Å². The van der Waals surface area contributed by atoms with E-state index in [0.717, 1.165) is 5.56 Å². The lowest BCUT2D eigenvalue weighted by Gasteiger charge is -2.06. The third-order valence-corrected chi connectivity index (χ3v) is 3.00. The Hall–Kier alpha value is -0.410. The highest BCUT2D eigenvalue weighted by molar-refractivity contribution is 9.10. The first-order valence-corrected chi connectivity index (χ1v) is 4.20. The number of anilines is 2. The average Bonchev–Trinajstić information content (AvgIpc) is 1.97. The summed E-state index contributed by atoms with van der Waals surface area (Å²) in [5, 5.41) is 0.622. The summed E-state index contributed by atoms with van der Waals surface area (Å²) in [5.74, 6) is 0. The van der Waals surface area contributed by atoms with E-state index >= 15 is 0 Å². The third-order valence-electron chi connectivity index (χ3n) is 1.46. The molecule has 0 aromatic heterocycles. The zero-order valence-corrected chi connectivity index (χ0v) is 8.33. The van der Waals surface area contributed by atoms with Crippen molar-refractivity contribution in [3.8, 4) is 0 Å². The number of nitrogen functional groups attached to an aromatic ring is 2. The molecule has 0 saturated heterocycles. The molecule has 0 radical (unpaired) electrons. The van der Waals surface area contributed by atoms with Crippen LogP contribution in [-0.4, -0.2) is 0 Å². The van der Waals surface area contributed by atoms with Crippen molar-refractivity contribution in [2.75, 3.05) is 11.5 Å². The van der Waals surface area contributed by atoms with Crippen LogP contribution in [0.2, 0.25) is 5.02 Å². The quantitative estimate of drug-likeness (QED) is 0.679. The van der Waals surface area contributed by atoms with Gasteiger partial charge in [0.15, 0.2) is 0 Å². The Morgan fingerprint density at radius 1 is 1.45 bits per heavy atom. The molecule has 1 rings (SSSR count). The van der Waals surface area contributed by atoms with Gasteiger partial charge in [-0.3, -0.25) is 0 Å². The summed E-state index contributed by atoms with van der Waals surface area (Å²) in [4.78, 5) is 0. The van der Waals surface area contributed by atoms with Crippen LogP contribution in [-0.2, 0) is 0 Å². The van der Waals surface area contributed by atoms with Gasteiger partial charge >= 0.3 is 0 Å². The molecule has 0 unspecified atom stereocenters. The number of nitrogens with two attached hydrogens (primary N) is 2. The van der Waals surface area contributed by atoms with E-state index in [4.69, 9.17) is 23.1 Å². The summed E-state index contributed by atoms with van der Waals surface area (Å²) in [6.07, 6.45) is 0. The Balaban J connectivity index is 3.46. The Kier molecular flexibility index (Phi) is 2.30. The molecule has 0 aliphatic carbocycles. The van der Waals surface area contributed by atoms with Gasteiger partial charge in [-0.05, 0) is 34.5 Å². The molecule has 0 amide bonds. The van der Waals surface area contributed by atoms with E-state index < -0.39 is 0 Å². The molecular formula is C7H8BrClN2. The van der Waals surface area contributed by atoms with Gasteiger partial charge < -0.3 is 11.5 Å². The molecule has 0 heterocycles. The maximum atomic E-state index is 5.87. The van der Waals surface area contributed by atoms with Gasteiger partial charge in [0, 0.05) is 0 Å². The normalized spacial score (nSPS) is 10.1. The molecule has 0 aliphatic rings. The van der Waals surface area contributed by atoms with Crippen LogP contribution in [0.25, 0.3) is 0 Å². The molecule has 11 heavy (non-hydrogen) atoms. The van der Waals surface area contributed by atoms with E-state index in [0.29, 0.717) is 20.9 Å². The predicted molar refractivity (Wildman–Crippen MR) is 52.7 cm³/mol. The first-order chi connectivity index (χ1) is 5.04. The van der Waals surface area contributed by atoms with Crippen molar-refractivity contribution in [1.82, 2.24) is 0 Å². The minimum Gasteiger partial charge on any atom is -0.397 e.